The van der Waals surface area contributed by atoms with Crippen molar-refractivity contribution in [3.63, 3.8) is 0 Å². The van der Waals surface area contributed by atoms with E-state index in [1.807, 2.05) is 0 Å². The normalized spacial score (nSPS) is 35.6. The van der Waals surface area contributed by atoms with Crippen molar-refractivity contribution in [2.45, 2.75) is 69.5 Å². The van der Waals surface area contributed by atoms with Crippen molar-refractivity contribution in [2.24, 2.45) is 5.92 Å². The molecule has 0 atom stereocenters. The Morgan fingerprint density at radius 3 is 1.88 bits per heavy atom. The fraction of sp³-hybridized carbons (Fsp3) is 1.00. The second-order valence-electron chi connectivity index (χ2n) is 6.17. The van der Waals surface area contributed by atoms with Crippen LogP contribution in [0.1, 0.15) is 51.4 Å². The quantitative estimate of drug-likeness (QED) is 0.768. The van der Waals surface area contributed by atoms with Gasteiger partial charge in [-0.3, -0.25) is 4.90 Å². The average molecular weight is 222 g/mol. The van der Waals surface area contributed by atoms with E-state index in [-0.39, 0.29) is 0 Å². The number of nitrogens with zero attached hydrogens (tertiary/aromatic N) is 1. The van der Waals surface area contributed by atoms with Crippen LogP contribution >= 0.6 is 0 Å². The van der Waals surface area contributed by atoms with E-state index in [9.17, 15) is 0 Å². The molecule has 2 nitrogen and oxygen atoms in total. The molecule has 0 spiro atoms. The van der Waals surface area contributed by atoms with Crippen LogP contribution < -0.4 is 5.32 Å². The monoisotopic (exact) mass is 222 g/mol. The molecule has 0 aromatic heterocycles. The van der Waals surface area contributed by atoms with Crippen LogP contribution in [0, 0.1) is 5.92 Å². The minimum absolute atomic E-state index is 0.804. The first-order valence-electron chi connectivity index (χ1n) is 7.30. The summed E-state index contributed by atoms with van der Waals surface area (Å²) in [6, 6.07) is 2.72. The van der Waals surface area contributed by atoms with E-state index in [0.717, 1.165) is 24.0 Å². The van der Waals surface area contributed by atoms with E-state index in [0.29, 0.717) is 0 Å². The van der Waals surface area contributed by atoms with Gasteiger partial charge in [0.1, 0.15) is 0 Å². The molecule has 0 amide bonds. The Kier molecular flexibility index (Phi) is 3.21. The molecule has 0 heterocycles. The fourth-order valence-corrected chi connectivity index (χ4v) is 3.30. The van der Waals surface area contributed by atoms with E-state index in [1.165, 1.54) is 57.9 Å². The molecule has 0 aromatic rings. The summed E-state index contributed by atoms with van der Waals surface area (Å²) in [4.78, 5) is 2.89. The molecule has 0 radical (unpaired) electrons. The largest absolute Gasteiger partial charge is 0.317 e. The molecule has 92 valence electrons. The number of rotatable bonds is 5. The molecule has 0 unspecified atom stereocenters. The number of hydrogen-bond donors (Lipinski definition) is 1. The van der Waals surface area contributed by atoms with E-state index in [2.05, 4.69) is 17.3 Å². The average Bonchev–Trinajstić information content (AvgIpc) is 3.16. The summed E-state index contributed by atoms with van der Waals surface area (Å²) in [6.45, 7) is 1.43. The van der Waals surface area contributed by atoms with Gasteiger partial charge in [-0.25, -0.2) is 0 Å². The Bertz CT molecular complexity index is 225. The maximum Gasteiger partial charge on any atom is 0.00994 e. The highest BCUT2D eigenvalue weighted by Gasteiger charge is 2.38. The highest BCUT2D eigenvalue weighted by molar-refractivity contribution is 4.94. The van der Waals surface area contributed by atoms with E-state index < -0.39 is 0 Å². The lowest BCUT2D eigenvalue weighted by molar-refractivity contribution is 0.131. The maximum atomic E-state index is 3.44. The Labute approximate surface area is 99.8 Å². The van der Waals surface area contributed by atoms with Crippen LogP contribution in [0.4, 0.5) is 0 Å². The molecular formula is C14H26N2. The van der Waals surface area contributed by atoms with Gasteiger partial charge in [-0.2, -0.15) is 0 Å². The third-order valence-corrected chi connectivity index (χ3v) is 4.76. The summed E-state index contributed by atoms with van der Waals surface area (Å²) in [5.41, 5.74) is 0. The van der Waals surface area contributed by atoms with Gasteiger partial charge in [0.15, 0.2) is 0 Å². The van der Waals surface area contributed by atoms with Crippen molar-refractivity contribution in [1.82, 2.24) is 10.2 Å². The molecule has 3 saturated carbocycles. The van der Waals surface area contributed by atoms with Crippen LogP contribution in [0.5, 0.6) is 0 Å². The SMILES string of the molecule is CNC1CCC(N(CC2CC2)C2CC2)CC1. The summed E-state index contributed by atoms with van der Waals surface area (Å²) in [5, 5.41) is 3.44. The van der Waals surface area contributed by atoms with E-state index in [1.54, 1.807) is 0 Å². The zero-order chi connectivity index (χ0) is 11.0. The molecule has 0 aliphatic heterocycles. The Morgan fingerprint density at radius 2 is 1.44 bits per heavy atom. The topological polar surface area (TPSA) is 15.3 Å². The van der Waals surface area contributed by atoms with Gasteiger partial charge in [-0.1, -0.05) is 0 Å². The zero-order valence-electron chi connectivity index (χ0n) is 10.6. The first-order chi connectivity index (χ1) is 7.86. The smallest absolute Gasteiger partial charge is 0.00994 e. The predicted octanol–water partition coefficient (Wildman–Crippen LogP) is 2.39. The van der Waals surface area contributed by atoms with Gasteiger partial charge in [0.2, 0.25) is 0 Å². The third-order valence-electron chi connectivity index (χ3n) is 4.76. The van der Waals surface area contributed by atoms with Crippen LogP contribution in [-0.4, -0.2) is 36.6 Å². The lowest BCUT2D eigenvalue weighted by Gasteiger charge is -2.37. The van der Waals surface area contributed by atoms with Crippen molar-refractivity contribution >= 4 is 0 Å². The highest BCUT2D eigenvalue weighted by Crippen LogP contribution is 2.38. The number of hydrogen-bond acceptors (Lipinski definition) is 2. The molecule has 0 aromatic carbocycles. The fourth-order valence-electron chi connectivity index (χ4n) is 3.30. The van der Waals surface area contributed by atoms with Crippen molar-refractivity contribution in [3.05, 3.63) is 0 Å². The lowest BCUT2D eigenvalue weighted by atomic mass is 9.90. The van der Waals surface area contributed by atoms with Crippen molar-refractivity contribution in [1.29, 1.82) is 0 Å². The van der Waals surface area contributed by atoms with Crippen molar-refractivity contribution in [3.8, 4) is 0 Å². The van der Waals surface area contributed by atoms with Crippen LogP contribution in [0.15, 0.2) is 0 Å². The summed E-state index contributed by atoms with van der Waals surface area (Å²) >= 11 is 0. The van der Waals surface area contributed by atoms with Gasteiger partial charge >= 0.3 is 0 Å². The van der Waals surface area contributed by atoms with E-state index >= 15 is 0 Å². The van der Waals surface area contributed by atoms with Gasteiger partial charge in [0.05, 0.1) is 0 Å². The van der Waals surface area contributed by atoms with Crippen LogP contribution in [-0.2, 0) is 0 Å². The van der Waals surface area contributed by atoms with Crippen LogP contribution in [0.3, 0.4) is 0 Å². The summed E-state index contributed by atoms with van der Waals surface area (Å²) in [5.74, 6) is 1.07. The number of nitrogens with one attached hydrogen (secondary N) is 1. The van der Waals surface area contributed by atoms with Crippen molar-refractivity contribution < 1.29 is 0 Å². The molecule has 3 aliphatic rings. The molecule has 0 bridgehead atoms. The Morgan fingerprint density at radius 1 is 0.875 bits per heavy atom. The molecule has 16 heavy (non-hydrogen) atoms. The summed E-state index contributed by atoms with van der Waals surface area (Å²) < 4.78 is 0. The van der Waals surface area contributed by atoms with Crippen molar-refractivity contribution in [2.75, 3.05) is 13.6 Å². The van der Waals surface area contributed by atoms with Gasteiger partial charge in [-0.15, -0.1) is 0 Å². The van der Waals surface area contributed by atoms with Gasteiger partial charge < -0.3 is 5.32 Å². The highest BCUT2D eigenvalue weighted by atomic mass is 15.2. The second kappa shape index (κ2) is 4.66. The standard InChI is InChI=1S/C14H26N2/c1-15-12-4-6-13(7-5-12)16(14-8-9-14)10-11-2-3-11/h11-15H,2-10H2,1H3. The second-order valence-corrected chi connectivity index (χ2v) is 6.17. The first kappa shape index (κ1) is 11.0. The minimum atomic E-state index is 0.804. The summed E-state index contributed by atoms with van der Waals surface area (Å²) in [7, 11) is 2.12. The Balaban J connectivity index is 1.52. The Hall–Kier alpha value is -0.0800. The van der Waals surface area contributed by atoms with Gasteiger partial charge in [-0.05, 0) is 64.3 Å². The third kappa shape index (κ3) is 2.60. The maximum absolute atomic E-state index is 3.44. The molecule has 3 rings (SSSR count). The van der Waals surface area contributed by atoms with E-state index in [4.69, 9.17) is 0 Å². The van der Waals surface area contributed by atoms with Crippen LogP contribution in [0.25, 0.3) is 0 Å². The predicted molar refractivity (Wildman–Crippen MR) is 67.6 cm³/mol. The summed E-state index contributed by atoms with van der Waals surface area (Å²) in [6.07, 6.45) is 11.7. The van der Waals surface area contributed by atoms with Gasteiger partial charge in [0, 0.05) is 24.7 Å². The molecule has 0 saturated heterocycles. The van der Waals surface area contributed by atoms with Crippen LogP contribution in [0.2, 0.25) is 0 Å². The lowest BCUT2D eigenvalue weighted by Crippen LogP contribution is -2.43. The zero-order valence-corrected chi connectivity index (χ0v) is 10.6. The minimum Gasteiger partial charge on any atom is -0.317 e. The molecule has 2 heteroatoms. The van der Waals surface area contributed by atoms with Gasteiger partial charge in [0.25, 0.3) is 0 Å². The molecule has 1 N–H and O–H groups in total. The first-order valence-corrected chi connectivity index (χ1v) is 7.30. The molecule has 3 fully saturated rings. The molecular weight excluding hydrogens is 196 g/mol. The molecule has 3 aliphatic carbocycles.